The number of benzene rings is 1. The number of hydrogen-bond donors (Lipinski definition) is 2. The highest BCUT2D eigenvalue weighted by Gasteiger charge is 2.28. The van der Waals surface area contributed by atoms with Crippen molar-refractivity contribution >= 4 is 0 Å². The normalized spacial score (nSPS) is 21.9. The molecular formula is C14H20N2O. The van der Waals surface area contributed by atoms with Crippen molar-refractivity contribution in [1.82, 2.24) is 5.43 Å². The molecule has 0 heterocycles. The number of hydrazine groups is 1. The third-order valence-corrected chi connectivity index (χ3v) is 3.85. The molecule has 0 saturated heterocycles. The first kappa shape index (κ1) is 11.1. The van der Waals surface area contributed by atoms with Crippen molar-refractivity contribution in [2.75, 3.05) is 0 Å². The molecule has 17 heavy (non-hydrogen) atoms. The van der Waals surface area contributed by atoms with E-state index in [9.17, 15) is 0 Å². The predicted octanol–water partition coefficient (Wildman–Crippen LogP) is 2.53. The fourth-order valence-corrected chi connectivity index (χ4v) is 2.44. The molecule has 1 atom stereocenters. The van der Waals surface area contributed by atoms with E-state index < -0.39 is 0 Å². The standard InChI is InChI=1S/C14H20N2O/c15-16-14(10-3-1-4-10)11-5-2-6-13(9-11)17-12-7-8-12/h2,5-6,9-10,12,14,16H,1,3-4,7-8,15H2. The topological polar surface area (TPSA) is 47.3 Å². The van der Waals surface area contributed by atoms with Gasteiger partial charge in [-0.1, -0.05) is 18.6 Å². The first-order valence-electron chi connectivity index (χ1n) is 6.59. The van der Waals surface area contributed by atoms with Crippen LogP contribution in [0, 0.1) is 5.92 Å². The van der Waals surface area contributed by atoms with E-state index in [2.05, 4.69) is 23.6 Å². The van der Waals surface area contributed by atoms with Crippen LogP contribution < -0.4 is 16.0 Å². The van der Waals surface area contributed by atoms with Crippen LogP contribution in [-0.2, 0) is 0 Å². The second-order valence-corrected chi connectivity index (χ2v) is 5.23. The maximum absolute atomic E-state index is 5.82. The number of ether oxygens (including phenoxy) is 1. The fourth-order valence-electron chi connectivity index (χ4n) is 2.44. The second kappa shape index (κ2) is 4.67. The van der Waals surface area contributed by atoms with Crippen molar-refractivity contribution in [2.24, 2.45) is 11.8 Å². The first-order valence-corrected chi connectivity index (χ1v) is 6.59. The zero-order chi connectivity index (χ0) is 11.7. The molecule has 0 aromatic heterocycles. The maximum Gasteiger partial charge on any atom is 0.120 e. The number of nitrogens with two attached hydrogens (primary N) is 1. The van der Waals surface area contributed by atoms with Crippen molar-refractivity contribution in [3.63, 3.8) is 0 Å². The smallest absolute Gasteiger partial charge is 0.120 e. The van der Waals surface area contributed by atoms with Crippen molar-refractivity contribution in [3.8, 4) is 5.75 Å². The number of hydrogen-bond acceptors (Lipinski definition) is 3. The van der Waals surface area contributed by atoms with Gasteiger partial charge in [0.1, 0.15) is 5.75 Å². The molecule has 92 valence electrons. The molecule has 3 nitrogen and oxygen atoms in total. The summed E-state index contributed by atoms with van der Waals surface area (Å²) in [5, 5.41) is 0. The fraction of sp³-hybridized carbons (Fsp3) is 0.571. The van der Waals surface area contributed by atoms with E-state index in [1.807, 2.05) is 6.07 Å². The molecule has 1 aromatic rings. The van der Waals surface area contributed by atoms with E-state index in [4.69, 9.17) is 10.6 Å². The zero-order valence-corrected chi connectivity index (χ0v) is 10.1. The van der Waals surface area contributed by atoms with Gasteiger partial charge in [-0.3, -0.25) is 11.3 Å². The highest BCUT2D eigenvalue weighted by Crippen LogP contribution is 2.38. The molecule has 0 amide bonds. The Bertz CT molecular complexity index is 386. The van der Waals surface area contributed by atoms with Gasteiger partial charge in [-0.05, 0) is 49.3 Å². The van der Waals surface area contributed by atoms with E-state index in [1.54, 1.807) is 0 Å². The average Bonchev–Trinajstić information content (AvgIpc) is 3.07. The van der Waals surface area contributed by atoms with E-state index in [1.165, 1.54) is 37.7 Å². The predicted molar refractivity (Wildman–Crippen MR) is 67.5 cm³/mol. The summed E-state index contributed by atoms with van der Waals surface area (Å²) in [6, 6.07) is 8.67. The van der Waals surface area contributed by atoms with Gasteiger partial charge < -0.3 is 4.74 Å². The Morgan fingerprint density at radius 2 is 2.06 bits per heavy atom. The molecule has 0 bridgehead atoms. The lowest BCUT2D eigenvalue weighted by molar-refractivity contribution is 0.231. The molecule has 0 spiro atoms. The van der Waals surface area contributed by atoms with E-state index >= 15 is 0 Å². The van der Waals surface area contributed by atoms with Gasteiger partial charge in [0, 0.05) is 6.04 Å². The Kier molecular flexibility index (Phi) is 3.04. The Hall–Kier alpha value is -1.06. The molecule has 2 saturated carbocycles. The highest BCUT2D eigenvalue weighted by molar-refractivity contribution is 5.31. The SMILES string of the molecule is NNC(c1cccc(OC2CC2)c1)C1CCC1. The van der Waals surface area contributed by atoms with Gasteiger partial charge in [-0.25, -0.2) is 0 Å². The molecule has 2 aliphatic carbocycles. The van der Waals surface area contributed by atoms with Crippen LogP contribution in [0.25, 0.3) is 0 Å². The Labute approximate surface area is 102 Å². The van der Waals surface area contributed by atoms with Crippen LogP contribution in [0.5, 0.6) is 5.75 Å². The molecule has 3 N–H and O–H groups in total. The van der Waals surface area contributed by atoms with Crippen LogP contribution in [0.4, 0.5) is 0 Å². The van der Waals surface area contributed by atoms with Crippen LogP contribution in [-0.4, -0.2) is 6.10 Å². The number of nitrogens with one attached hydrogen (secondary N) is 1. The molecule has 3 heteroatoms. The summed E-state index contributed by atoms with van der Waals surface area (Å²) in [4.78, 5) is 0. The molecule has 1 unspecified atom stereocenters. The monoisotopic (exact) mass is 232 g/mol. The summed E-state index contributed by atoms with van der Waals surface area (Å²) >= 11 is 0. The zero-order valence-electron chi connectivity index (χ0n) is 10.1. The Balaban J connectivity index is 1.74. The summed E-state index contributed by atoms with van der Waals surface area (Å²) in [6.45, 7) is 0. The van der Waals surface area contributed by atoms with E-state index in [-0.39, 0.29) is 6.04 Å². The minimum atomic E-state index is 0.284. The molecule has 0 radical (unpaired) electrons. The molecule has 0 aliphatic heterocycles. The van der Waals surface area contributed by atoms with Gasteiger partial charge in [-0.15, -0.1) is 0 Å². The Morgan fingerprint density at radius 3 is 2.65 bits per heavy atom. The van der Waals surface area contributed by atoms with Crippen molar-refractivity contribution in [1.29, 1.82) is 0 Å². The summed E-state index contributed by atoms with van der Waals surface area (Å²) in [7, 11) is 0. The van der Waals surface area contributed by atoms with Gasteiger partial charge in [0.2, 0.25) is 0 Å². The van der Waals surface area contributed by atoms with Gasteiger partial charge in [0.25, 0.3) is 0 Å². The molecule has 3 rings (SSSR count). The van der Waals surface area contributed by atoms with Gasteiger partial charge in [0.15, 0.2) is 0 Å². The average molecular weight is 232 g/mol. The summed E-state index contributed by atoms with van der Waals surface area (Å²) < 4.78 is 5.82. The van der Waals surface area contributed by atoms with E-state index in [0.717, 1.165) is 5.75 Å². The van der Waals surface area contributed by atoms with Crippen LogP contribution in [0.2, 0.25) is 0 Å². The lowest BCUT2D eigenvalue weighted by Gasteiger charge is -2.33. The first-order chi connectivity index (χ1) is 8.36. The Morgan fingerprint density at radius 1 is 1.24 bits per heavy atom. The second-order valence-electron chi connectivity index (χ2n) is 5.23. The van der Waals surface area contributed by atoms with Gasteiger partial charge >= 0.3 is 0 Å². The van der Waals surface area contributed by atoms with Crippen molar-refractivity contribution in [2.45, 2.75) is 44.2 Å². The third-order valence-electron chi connectivity index (χ3n) is 3.85. The lowest BCUT2D eigenvalue weighted by Crippen LogP contribution is -2.36. The summed E-state index contributed by atoms with van der Waals surface area (Å²) in [5.74, 6) is 7.37. The maximum atomic E-state index is 5.82. The lowest BCUT2D eigenvalue weighted by atomic mass is 9.77. The molecular weight excluding hydrogens is 212 g/mol. The summed E-state index contributed by atoms with van der Waals surface area (Å²) in [5.41, 5.74) is 4.22. The molecule has 2 aliphatic rings. The van der Waals surface area contributed by atoms with Crippen LogP contribution in [0.3, 0.4) is 0 Å². The van der Waals surface area contributed by atoms with Gasteiger partial charge in [-0.2, -0.15) is 0 Å². The largest absolute Gasteiger partial charge is 0.490 e. The minimum absolute atomic E-state index is 0.284. The quantitative estimate of drug-likeness (QED) is 0.606. The molecule has 2 fully saturated rings. The molecule has 1 aromatic carbocycles. The third kappa shape index (κ3) is 2.45. The van der Waals surface area contributed by atoms with Crippen LogP contribution in [0.1, 0.15) is 43.7 Å². The van der Waals surface area contributed by atoms with Crippen molar-refractivity contribution in [3.05, 3.63) is 29.8 Å². The highest BCUT2D eigenvalue weighted by atomic mass is 16.5. The van der Waals surface area contributed by atoms with Gasteiger partial charge in [0.05, 0.1) is 6.10 Å². The van der Waals surface area contributed by atoms with E-state index in [0.29, 0.717) is 12.0 Å². The van der Waals surface area contributed by atoms with Crippen LogP contribution >= 0.6 is 0 Å². The van der Waals surface area contributed by atoms with Crippen molar-refractivity contribution < 1.29 is 4.74 Å². The number of rotatable bonds is 5. The minimum Gasteiger partial charge on any atom is -0.490 e. The summed E-state index contributed by atoms with van der Waals surface area (Å²) in [6.07, 6.45) is 6.75. The van der Waals surface area contributed by atoms with Crippen LogP contribution in [0.15, 0.2) is 24.3 Å².